The Kier molecular flexibility index (Phi) is 5.92. The van der Waals surface area contributed by atoms with Crippen molar-refractivity contribution in [1.29, 1.82) is 0 Å². The predicted octanol–water partition coefficient (Wildman–Crippen LogP) is 1.71. The van der Waals surface area contributed by atoms with Crippen molar-refractivity contribution in [2.45, 2.75) is 19.4 Å². The molecule has 0 spiro atoms. The molecule has 1 aromatic carbocycles. The number of aryl methyl sites for hydroxylation is 1. The molecule has 3 N–H and O–H groups in total. The molecule has 1 atom stereocenters. The third kappa shape index (κ3) is 5.66. The standard InChI is InChI=1S/C14H14ClNO5/c1-8-2-3-9(6-10(8)15)4-5-12(17)16-11(14(20)21)7-13(18)19/h2-6,11H,7H2,1H3,(H,16,17)(H,18,19)(H,20,21)/b5-4+. The predicted molar refractivity (Wildman–Crippen MR) is 77.0 cm³/mol. The van der Waals surface area contributed by atoms with Crippen LogP contribution in [-0.2, 0) is 14.4 Å². The summed E-state index contributed by atoms with van der Waals surface area (Å²) in [6, 6.07) is 3.72. The molecule has 0 bridgehead atoms. The lowest BCUT2D eigenvalue weighted by Crippen LogP contribution is -2.41. The monoisotopic (exact) mass is 311 g/mol. The minimum absolute atomic E-state index is 0.548. The molecule has 0 saturated carbocycles. The van der Waals surface area contributed by atoms with Crippen molar-refractivity contribution in [1.82, 2.24) is 5.32 Å². The average Bonchev–Trinajstić information content (AvgIpc) is 2.38. The number of hydrogen-bond donors (Lipinski definition) is 3. The zero-order valence-corrected chi connectivity index (χ0v) is 11.9. The summed E-state index contributed by atoms with van der Waals surface area (Å²) in [5.74, 6) is -3.41. The zero-order valence-electron chi connectivity index (χ0n) is 11.2. The summed E-state index contributed by atoms with van der Waals surface area (Å²) in [4.78, 5) is 32.9. The molecular formula is C14H14ClNO5. The van der Waals surface area contributed by atoms with E-state index in [-0.39, 0.29) is 0 Å². The van der Waals surface area contributed by atoms with Crippen LogP contribution in [-0.4, -0.2) is 34.1 Å². The van der Waals surface area contributed by atoms with Crippen molar-refractivity contribution in [3.8, 4) is 0 Å². The fourth-order valence-corrected chi connectivity index (χ4v) is 1.67. The van der Waals surface area contributed by atoms with Crippen LogP contribution in [0.25, 0.3) is 6.08 Å². The number of aliphatic carboxylic acids is 2. The first kappa shape index (κ1) is 16.7. The Morgan fingerprint density at radius 3 is 2.52 bits per heavy atom. The van der Waals surface area contributed by atoms with Crippen LogP contribution in [0.4, 0.5) is 0 Å². The molecule has 6 nitrogen and oxygen atoms in total. The van der Waals surface area contributed by atoms with Gasteiger partial charge in [0.05, 0.1) is 6.42 Å². The minimum Gasteiger partial charge on any atom is -0.481 e. The number of rotatable bonds is 6. The molecule has 1 unspecified atom stereocenters. The van der Waals surface area contributed by atoms with Gasteiger partial charge >= 0.3 is 11.9 Å². The van der Waals surface area contributed by atoms with E-state index in [1.807, 2.05) is 6.92 Å². The first-order chi connectivity index (χ1) is 9.79. The summed E-state index contributed by atoms with van der Waals surface area (Å²) in [5, 5.41) is 20.0. The lowest BCUT2D eigenvalue weighted by atomic mass is 10.1. The summed E-state index contributed by atoms with van der Waals surface area (Å²) in [5.41, 5.74) is 1.57. The van der Waals surface area contributed by atoms with Crippen LogP contribution in [0.3, 0.4) is 0 Å². The molecule has 0 radical (unpaired) electrons. The van der Waals surface area contributed by atoms with Crippen molar-refractivity contribution in [3.05, 3.63) is 40.4 Å². The second-order valence-electron chi connectivity index (χ2n) is 4.34. The van der Waals surface area contributed by atoms with Crippen molar-refractivity contribution >= 4 is 35.5 Å². The molecule has 112 valence electrons. The molecular weight excluding hydrogens is 298 g/mol. The lowest BCUT2D eigenvalue weighted by molar-refractivity contribution is -0.146. The number of benzene rings is 1. The lowest BCUT2D eigenvalue weighted by Gasteiger charge is -2.10. The van der Waals surface area contributed by atoms with Crippen molar-refractivity contribution < 1.29 is 24.6 Å². The van der Waals surface area contributed by atoms with Crippen LogP contribution < -0.4 is 5.32 Å². The van der Waals surface area contributed by atoms with Gasteiger partial charge < -0.3 is 15.5 Å². The highest BCUT2D eigenvalue weighted by Crippen LogP contribution is 2.17. The summed E-state index contributed by atoms with van der Waals surface area (Å²) < 4.78 is 0. The van der Waals surface area contributed by atoms with Crippen LogP contribution in [0.15, 0.2) is 24.3 Å². The fourth-order valence-electron chi connectivity index (χ4n) is 1.48. The van der Waals surface area contributed by atoms with Gasteiger partial charge in [-0.15, -0.1) is 0 Å². The van der Waals surface area contributed by atoms with E-state index in [2.05, 4.69) is 5.32 Å². The number of carbonyl (C=O) groups excluding carboxylic acids is 1. The van der Waals surface area contributed by atoms with E-state index in [9.17, 15) is 14.4 Å². The molecule has 1 amide bonds. The van der Waals surface area contributed by atoms with Gasteiger partial charge in [-0.2, -0.15) is 0 Å². The van der Waals surface area contributed by atoms with Crippen molar-refractivity contribution in [3.63, 3.8) is 0 Å². The molecule has 0 aromatic heterocycles. The number of carboxylic acid groups (broad SMARTS) is 2. The first-order valence-electron chi connectivity index (χ1n) is 5.99. The molecule has 0 heterocycles. The molecule has 0 saturated heterocycles. The number of carboxylic acids is 2. The van der Waals surface area contributed by atoms with Gasteiger partial charge in [0.1, 0.15) is 6.04 Å². The van der Waals surface area contributed by atoms with E-state index in [0.29, 0.717) is 10.6 Å². The Balaban J connectivity index is 2.70. The van der Waals surface area contributed by atoms with Gasteiger partial charge in [-0.05, 0) is 30.2 Å². The van der Waals surface area contributed by atoms with Gasteiger partial charge in [0.15, 0.2) is 0 Å². The molecule has 0 aliphatic heterocycles. The largest absolute Gasteiger partial charge is 0.481 e. The van der Waals surface area contributed by atoms with Crippen LogP contribution in [0.1, 0.15) is 17.5 Å². The number of halogens is 1. The van der Waals surface area contributed by atoms with E-state index < -0.39 is 30.3 Å². The molecule has 0 aliphatic rings. The molecule has 0 aliphatic carbocycles. The molecule has 7 heteroatoms. The van der Waals surface area contributed by atoms with Crippen molar-refractivity contribution in [2.75, 3.05) is 0 Å². The first-order valence-corrected chi connectivity index (χ1v) is 6.36. The maximum atomic E-state index is 11.6. The van der Waals surface area contributed by atoms with E-state index in [1.165, 1.54) is 6.08 Å². The Labute approximate surface area is 126 Å². The van der Waals surface area contributed by atoms with E-state index >= 15 is 0 Å². The van der Waals surface area contributed by atoms with Gasteiger partial charge in [-0.1, -0.05) is 23.7 Å². The van der Waals surface area contributed by atoms with Crippen LogP contribution in [0.2, 0.25) is 5.02 Å². The third-order valence-electron chi connectivity index (χ3n) is 2.62. The van der Waals surface area contributed by atoms with Gasteiger partial charge in [-0.3, -0.25) is 9.59 Å². The molecule has 21 heavy (non-hydrogen) atoms. The quantitative estimate of drug-likeness (QED) is 0.694. The highest BCUT2D eigenvalue weighted by Gasteiger charge is 2.21. The zero-order chi connectivity index (χ0) is 16.0. The number of carbonyl (C=O) groups is 3. The Morgan fingerprint density at radius 2 is 2.00 bits per heavy atom. The highest BCUT2D eigenvalue weighted by atomic mass is 35.5. The normalized spacial score (nSPS) is 12.1. The number of amides is 1. The van der Waals surface area contributed by atoms with Crippen molar-refractivity contribution in [2.24, 2.45) is 0 Å². The van der Waals surface area contributed by atoms with Gasteiger partial charge in [0.25, 0.3) is 0 Å². The van der Waals surface area contributed by atoms with Gasteiger partial charge in [0, 0.05) is 11.1 Å². The minimum atomic E-state index is -1.47. The topological polar surface area (TPSA) is 104 Å². The maximum absolute atomic E-state index is 11.6. The maximum Gasteiger partial charge on any atom is 0.326 e. The Morgan fingerprint density at radius 1 is 1.33 bits per heavy atom. The second kappa shape index (κ2) is 7.44. The SMILES string of the molecule is Cc1ccc(/C=C/C(=O)NC(CC(=O)O)C(=O)O)cc1Cl. The third-order valence-corrected chi connectivity index (χ3v) is 3.02. The van der Waals surface area contributed by atoms with E-state index in [1.54, 1.807) is 18.2 Å². The summed E-state index contributed by atoms with van der Waals surface area (Å²) >= 11 is 5.93. The van der Waals surface area contributed by atoms with Crippen LogP contribution >= 0.6 is 11.6 Å². The van der Waals surface area contributed by atoms with E-state index in [4.69, 9.17) is 21.8 Å². The summed E-state index contributed by atoms with van der Waals surface area (Å²) in [7, 11) is 0. The fraction of sp³-hybridized carbons (Fsp3) is 0.214. The van der Waals surface area contributed by atoms with Crippen LogP contribution in [0.5, 0.6) is 0 Å². The smallest absolute Gasteiger partial charge is 0.326 e. The second-order valence-corrected chi connectivity index (χ2v) is 4.75. The molecule has 1 rings (SSSR count). The van der Waals surface area contributed by atoms with Crippen LogP contribution in [0, 0.1) is 6.92 Å². The number of nitrogens with one attached hydrogen (secondary N) is 1. The molecule has 1 aromatic rings. The van der Waals surface area contributed by atoms with E-state index in [0.717, 1.165) is 11.6 Å². The summed E-state index contributed by atoms with van der Waals surface area (Å²) in [6.07, 6.45) is 1.89. The Hall–Kier alpha value is -2.34. The average molecular weight is 312 g/mol. The summed E-state index contributed by atoms with van der Waals surface area (Å²) in [6.45, 7) is 1.84. The highest BCUT2D eigenvalue weighted by molar-refractivity contribution is 6.31. The number of hydrogen-bond acceptors (Lipinski definition) is 3. The molecule has 0 fully saturated rings. The van der Waals surface area contributed by atoms with Gasteiger partial charge in [0.2, 0.25) is 5.91 Å². The van der Waals surface area contributed by atoms with Gasteiger partial charge in [-0.25, -0.2) is 4.79 Å². The Bertz CT molecular complexity index is 597.